The number of sulfonamides is 1. The Hall–Kier alpha value is -3.78. The zero-order chi connectivity index (χ0) is 21.0. The number of ketones is 1. The smallest absolute Gasteiger partial charge is 0.262 e. The zero-order valence-corrected chi connectivity index (χ0v) is 15.8. The van der Waals surface area contributed by atoms with Crippen LogP contribution in [-0.2, 0) is 10.0 Å². The minimum absolute atomic E-state index is 0.126. The summed E-state index contributed by atoms with van der Waals surface area (Å²) in [6.07, 6.45) is 2.55. The van der Waals surface area contributed by atoms with Gasteiger partial charge in [-0.3, -0.25) is 9.52 Å². The van der Waals surface area contributed by atoms with Crippen molar-refractivity contribution in [2.45, 2.75) is 4.90 Å². The molecule has 0 fully saturated rings. The van der Waals surface area contributed by atoms with E-state index in [-0.39, 0.29) is 22.0 Å². The van der Waals surface area contributed by atoms with Crippen LogP contribution in [0.1, 0.15) is 15.9 Å². The highest BCUT2D eigenvalue weighted by atomic mass is 32.2. The number of hydrogen-bond donors (Lipinski definition) is 4. The number of aromatic hydroxyl groups is 3. The van der Waals surface area contributed by atoms with Gasteiger partial charge in [0.1, 0.15) is 17.2 Å². The monoisotopic (exact) mass is 411 g/mol. The predicted molar refractivity (Wildman–Crippen MR) is 108 cm³/mol. The topological polar surface area (TPSA) is 124 Å². The van der Waals surface area contributed by atoms with Gasteiger partial charge in [0.15, 0.2) is 11.5 Å². The van der Waals surface area contributed by atoms with E-state index < -0.39 is 27.2 Å². The van der Waals surface area contributed by atoms with Crippen LogP contribution in [-0.4, -0.2) is 29.5 Å². The molecule has 0 saturated carbocycles. The molecule has 4 N–H and O–H groups in total. The van der Waals surface area contributed by atoms with Crippen LogP contribution in [0.15, 0.2) is 77.7 Å². The van der Waals surface area contributed by atoms with E-state index in [9.17, 15) is 28.5 Å². The minimum Gasteiger partial charge on any atom is -0.508 e. The van der Waals surface area contributed by atoms with E-state index in [2.05, 4.69) is 4.72 Å². The van der Waals surface area contributed by atoms with Gasteiger partial charge in [0.05, 0.1) is 4.90 Å². The molecule has 0 aliphatic heterocycles. The first-order valence-electron chi connectivity index (χ1n) is 8.42. The van der Waals surface area contributed by atoms with Gasteiger partial charge in [0.2, 0.25) is 0 Å². The Bertz CT molecular complexity index is 1190. The van der Waals surface area contributed by atoms with Gasteiger partial charge < -0.3 is 15.3 Å². The molecule has 0 aromatic heterocycles. The Kier molecular flexibility index (Phi) is 5.56. The number of nitrogens with one attached hydrogen (secondary N) is 1. The highest BCUT2D eigenvalue weighted by Gasteiger charge is 2.20. The standard InChI is InChI=1S/C21H17NO6S/c23-16-7-4-8-17(13-16)29(27,28)22-20-19(25)12-10-15(21(20)26)9-11-18(24)14-5-2-1-3-6-14/h1-13,22-23,25-26H/b11-9+. The average Bonchev–Trinajstić information content (AvgIpc) is 2.71. The Morgan fingerprint density at radius 2 is 1.62 bits per heavy atom. The molecular weight excluding hydrogens is 394 g/mol. The Balaban J connectivity index is 1.91. The van der Waals surface area contributed by atoms with Crippen LogP contribution < -0.4 is 4.72 Å². The first-order valence-corrected chi connectivity index (χ1v) is 9.90. The molecule has 0 aliphatic rings. The summed E-state index contributed by atoms with van der Waals surface area (Å²) in [6.45, 7) is 0. The molecule has 0 saturated heterocycles. The molecule has 29 heavy (non-hydrogen) atoms. The van der Waals surface area contributed by atoms with Crippen LogP contribution in [0.3, 0.4) is 0 Å². The number of benzene rings is 3. The normalized spacial score (nSPS) is 11.4. The van der Waals surface area contributed by atoms with E-state index >= 15 is 0 Å². The quantitative estimate of drug-likeness (QED) is 0.280. The van der Waals surface area contributed by atoms with Crippen molar-refractivity contribution in [1.29, 1.82) is 0 Å². The van der Waals surface area contributed by atoms with Crippen molar-refractivity contribution in [2.75, 3.05) is 4.72 Å². The zero-order valence-electron chi connectivity index (χ0n) is 15.0. The third-order valence-corrected chi connectivity index (χ3v) is 5.37. The van der Waals surface area contributed by atoms with E-state index in [0.717, 1.165) is 6.07 Å². The summed E-state index contributed by atoms with van der Waals surface area (Å²) in [5.74, 6) is -1.61. The first kappa shape index (κ1) is 20.0. The number of hydrogen-bond acceptors (Lipinski definition) is 6. The van der Waals surface area contributed by atoms with Crippen molar-refractivity contribution in [3.63, 3.8) is 0 Å². The van der Waals surface area contributed by atoms with E-state index in [1.54, 1.807) is 30.3 Å². The maximum atomic E-state index is 12.5. The number of phenolic OH excluding ortho intramolecular Hbond substituents is 3. The van der Waals surface area contributed by atoms with Crippen LogP contribution in [0.5, 0.6) is 17.2 Å². The van der Waals surface area contributed by atoms with Crippen molar-refractivity contribution in [3.8, 4) is 17.2 Å². The molecule has 3 aromatic rings. The van der Waals surface area contributed by atoms with Crippen LogP contribution in [0.2, 0.25) is 0 Å². The van der Waals surface area contributed by atoms with Crippen molar-refractivity contribution >= 4 is 27.6 Å². The molecule has 7 nitrogen and oxygen atoms in total. The largest absolute Gasteiger partial charge is 0.508 e. The van der Waals surface area contributed by atoms with Gasteiger partial charge in [-0.1, -0.05) is 36.4 Å². The van der Waals surface area contributed by atoms with Crippen molar-refractivity contribution < 1.29 is 28.5 Å². The lowest BCUT2D eigenvalue weighted by molar-refractivity contribution is 0.104. The predicted octanol–water partition coefficient (Wildman–Crippen LogP) is 3.50. The number of anilines is 1. The van der Waals surface area contributed by atoms with Gasteiger partial charge in [-0.15, -0.1) is 0 Å². The lowest BCUT2D eigenvalue weighted by atomic mass is 10.1. The summed E-state index contributed by atoms with van der Waals surface area (Å²) in [4.78, 5) is 11.9. The molecule has 3 aromatic carbocycles. The van der Waals surface area contributed by atoms with Crippen LogP contribution in [0.25, 0.3) is 6.08 Å². The molecule has 0 heterocycles. The molecular formula is C21H17NO6S. The second-order valence-corrected chi connectivity index (χ2v) is 7.75. The lowest BCUT2D eigenvalue weighted by Gasteiger charge is -2.13. The van der Waals surface area contributed by atoms with Crippen molar-refractivity contribution in [1.82, 2.24) is 0 Å². The maximum absolute atomic E-state index is 12.5. The van der Waals surface area contributed by atoms with Crippen LogP contribution in [0.4, 0.5) is 5.69 Å². The molecule has 3 rings (SSSR count). The van der Waals surface area contributed by atoms with Gasteiger partial charge in [-0.05, 0) is 36.4 Å². The first-order chi connectivity index (χ1) is 13.8. The molecule has 0 aliphatic carbocycles. The third-order valence-electron chi connectivity index (χ3n) is 4.02. The van der Waals surface area contributed by atoms with Crippen molar-refractivity contribution in [2.24, 2.45) is 0 Å². The number of carbonyl (C=O) groups is 1. The van der Waals surface area contributed by atoms with Gasteiger partial charge in [0, 0.05) is 17.2 Å². The van der Waals surface area contributed by atoms with Gasteiger partial charge in [-0.2, -0.15) is 0 Å². The fourth-order valence-electron chi connectivity index (χ4n) is 2.54. The average molecular weight is 411 g/mol. The lowest BCUT2D eigenvalue weighted by Crippen LogP contribution is -2.13. The van der Waals surface area contributed by atoms with E-state index in [1.807, 2.05) is 0 Å². The fourth-order valence-corrected chi connectivity index (χ4v) is 3.66. The van der Waals surface area contributed by atoms with Gasteiger partial charge in [-0.25, -0.2) is 8.42 Å². The SMILES string of the molecule is O=C(/C=C/c1ccc(O)c(NS(=O)(=O)c2cccc(O)c2)c1O)c1ccccc1. The Labute approximate surface area is 167 Å². The maximum Gasteiger partial charge on any atom is 0.262 e. The molecule has 8 heteroatoms. The Morgan fingerprint density at radius 3 is 2.31 bits per heavy atom. The van der Waals surface area contributed by atoms with Gasteiger partial charge >= 0.3 is 0 Å². The minimum atomic E-state index is -4.19. The third kappa shape index (κ3) is 4.56. The van der Waals surface area contributed by atoms with Crippen LogP contribution in [0, 0.1) is 0 Å². The number of allylic oxidation sites excluding steroid dienone is 1. The summed E-state index contributed by atoms with van der Waals surface area (Å²) >= 11 is 0. The number of rotatable bonds is 6. The van der Waals surface area contributed by atoms with E-state index in [4.69, 9.17) is 0 Å². The summed E-state index contributed by atoms with van der Waals surface area (Å²) in [5, 5.41) is 29.9. The van der Waals surface area contributed by atoms with Gasteiger partial charge in [0.25, 0.3) is 10.0 Å². The fraction of sp³-hybridized carbons (Fsp3) is 0. The van der Waals surface area contributed by atoms with E-state index in [0.29, 0.717) is 5.56 Å². The summed E-state index contributed by atoms with van der Waals surface area (Å²) < 4.78 is 27.1. The molecule has 0 amide bonds. The number of carbonyl (C=O) groups excluding carboxylic acids is 1. The molecule has 148 valence electrons. The number of phenols is 3. The second kappa shape index (κ2) is 8.07. The molecule has 0 unspecified atom stereocenters. The molecule has 0 bridgehead atoms. The second-order valence-electron chi connectivity index (χ2n) is 6.06. The summed E-state index contributed by atoms with van der Waals surface area (Å²) in [7, 11) is -4.19. The highest BCUT2D eigenvalue weighted by Crippen LogP contribution is 2.38. The van der Waals surface area contributed by atoms with Crippen molar-refractivity contribution in [3.05, 3.63) is 83.9 Å². The summed E-state index contributed by atoms with van der Waals surface area (Å²) in [6, 6.07) is 15.9. The molecule has 0 atom stereocenters. The molecule has 0 spiro atoms. The highest BCUT2D eigenvalue weighted by molar-refractivity contribution is 7.92. The van der Waals surface area contributed by atoms with Crippen LogP contribution >= 0.6 is 0 Å². The summed E-state index contributed by atoms with van der Waals surface area (Å²) in [5.41, 5.74) is 0.134. The Morgan fingerprint density at radius 1 is 0.897 bits per heavy atom. The molecule has 0 radical (unpaired) electrons. The van der Waals surface area contributed by atoms with E-state index in [1.165, 1.54) is 42.5 Å².